The summed E-state index contributed by atoms with van der Waals surface area (Å²) in [5.74, 6) is -2.30. The number of carbonyl (C=O) groups excluding carboxylic acids is 4. The third-order valence-electron chi connectivity index (χ3n) is 8.19. The molecule has 4 rings (SSSR count). The van der Waals surface area contributed by atoms with Gasteiger partial charge in [0.1, 0.15) is 23.8 Å². The molecule has 46 heavy (non-hydrogen) atoms. The fraction of sp³-hybridized carbons (Fsp3) is 0.424. The van der Waals surface area contributed by atoms with Crippen LogP contribution in [-0.4, -0.2) is 75.2 Å². The van der Waals surface area contributed by atoms with E-state index >= 15 is 0 Å². The van der Waals surface area contributed by atoms with Crippen LogP contribution in [0.4, 0.5) is 0 Å². The highest BCUT2D eigenvalue weighted by Gasteiger charge is 2.36. The van der Waals surface area contributed by atoms with Gasteiger partial charge in [-0.3, -0.25) is 29.2 Å². The first-order chi connectivity index (χ1) is 22.1. The highest BCUT2D eigenvalue weighted by atomic mass is 16.2. The van der Waals surface area contributed by atoms with E-state index in [0.29, 0.717) is 17.5 Å². The van der Waals surface area contributed by atoms with Gasteiger partial charge in [-0.2, -0.15) is 0 Å². The molecule has 1 fully saturated rings. The molecule has 1 aromatic heterocycles. The molecule has 1 aliphatic carbocycles. The Kier molecular flexibility index (Phi) is 12.0. The Bertz CT molecular complexity index is 1540. The zero-order valence-corrected chi connectivity index (χ0v) is 26.1. The molecule has 1 aliphatic rings. The Morgan fingerprint density at radius 1 is 0.891 bits per heavy atom. The summed E-state index contributed by atoms with van der Waals surface area (Å²) >= 11 is 0. The number of primary amides is 1. The van der Waals surface area contributed by atoms with Crippen LogP contribution in [0.1, 0.15) is 67.9 Å². The summed E-state index contributed by atoms with van der Waals surface area (Å²) in [6, 6.07) is 13.2. The number of para-hydroxylation sites is 2. The smallest absolute Gasteiger partial charge is 0.275 e. The van der Waals surface area contributed by atoms with Gasteiger partial charge < -0.3 is 32.7 Å². The summed E-state index contributed by atoms with van der Waals surface area (Å²) < 4.78 is 0. The largest absolute Gasteiger partial charge is 0.370 e. The number of amides is 4. The van der Waals surface area contributed by atoms with Crippen LogP contribution < -0.4 is 27.8 Å². The molecule has 4 amide bonds. The minimum Gasteiger partial charge on any atom is -0.370 e. The van der Waals surface area contributed by atoms with Gasteiger partial charge in [0.15, 0.2) is 5.96 Å². The average molecular weight is 630 g/mol. The highest BCUT2D eigenvalue weighted by molar-refractivity contribution is 5.98. The number of rotatable bonds is 14. The quantitative estimate of drug-likeness (QED) is 0.100. The average Bonchev–Trinajstić information content (AvgIpc) is 3.06. The number of aromatic nitrogens is 2. The second-order valence-corrected chi connectivity index (χ2v) is 11.6. The molecule has 1 heterocycles. The lowest BCUT2D eigenvalue weighted by molar-refractivity contribution is -0.133. The van der Waals surface area contributed by atoms with Gasteiger partial charge in [-0.05, 0) is 50.3 Å². The number of carbonyl (C=O) groups is 4. The van der Waals surface area contributed by atoms with Crippen LogP contribution >= 0.6 is 0 Å². The van der Waals surface area contributed by atoms with E-state index in [-0.39, 0.29) is 37.1 Å². The number of benzene rings is 2. The standard InChI is InChI=1S/C33H43N9O4/c1-21(42(23-13-6-3-7-14-23)32(46)28-20-38-24-15-8-9-16-25(24)39-28)30(44)40-26(17-10-18-37-33(35)36)31(45)41-27(29(34)43)19-22-11-4-2-5-12-22/h2,4-5,8-9,11-12,15-16,20-21,23,26-27H,3,6-7,10,13-14,17-19H2,1H3,(H2,34,43)(H,40,44)(H,41,45)(H4,35,36,37). The lowest BCUT2D eigenvalue weighted by Gasteiger charge is -2.38. The normalized spacial score (nSPS) is 15.2. The van der Waals surface area contributed by atoms with Crippen molar-refractivity contribution in [2.75, 3.05) is 6.54 Å². The lowest BCUT2D eigenvalue weighted by Crippen LogP contribution is -2.58. The first-order valence-electron chi connectivity index (χ1n) is 15.7. The van der Waals surface area contributed by atoms with Crippen LogP contribution in [0.5, 0.6) is 0 Å². The number of nitrogens with two attached hydrogens (primary N) is 3. The highest BCUT2D eigenvalue weighted by Crippen LogP contribution is 2.26. The van der Waals surface area contributed by atoms with E-state index in [2.05, 4.69) is 25.6 Å². The molecule has 0 spiro atoms. The molecule has 244 valence electrons. The molecule has 1 saturated carbocycles. The monoisotopic (exact) mass is 629 g/mol. The second kappa shape index (κ2) is 16.3. The fourth-order valence-electron chi connectivity index (χ4n) is 5.75. The van der Waals surface area contributed by atoms with Gasteiger partial charge in [0.25, 0.3) is 5.91 Å². The zero-order chi connectivity index (χ0) is 33.1. The SMILES string of the molecule is CC(C(=O)NC(CCCN=C(N)N)C(=O)NC(Cc1ccccc1)C(N)=O)N(C(=O)c1cnc2ccccc2n1)C1CCCCC1. The molecule has 3 aromatic rings. The Morgan fingerprint density at radius 2 is 1.54 bits per heavy atom. The first kappa shape index (κ1) is 33.8. The third-order valence-corrected chi connectivity index (χ3v) is 8.19. The van der Waals surface area contributed by atoms with Crippen molar-refractivity contribution in [1.29, 1.82) is 0 Å². The third kappa shape index (κ3) is 9.22. The van der Waals surface area contributed by atoms with Gasteiger partial charge in [0, 0.05) is 19.0 Å². The van der Waals surface area contributed by atoms with E-state index in [1.54, 1.807) is 17.9 Å². The summed E-state index contributed by atoms with van der Waals surface area (Å²) in [5, 5.41) is 5.53. The summed E-state index contributed by atoms with van der Waals surface area (Å²) in [6.45, 7) is 1.88. The van der Waals surface area contributed by atoms with Crippen molar-refractivity contribution in [3.05, 3.63) is 72.1 Å². The Labute approximate surface area is 268 Å². The Morgan fingerprint density at radius 3 is 2.22 bits per heavy atom. The number of nitrogens with one attached hydrogen (secondary N) is 2. The predicted octanol–water partition coefficient (Wildman–Crippen LogP) is 1.54. The molecule has 3 atom stereocenters. The van der Waals surface area contributed by atoms with E-state index in [0.717, 1.165) is 37.7 Å². The maximum atomic E-state index is 14.0. The molecule has 0 radical (unpaired) electrons. The van der Waals surface area contributed by atoms with E-state index < -0.39 is 41.8 Å². The molecule has 0 aliphatic heterocycles. The Balaban J connectivity index is 1.55. The number of aliphatic imine (C=N–C) groups is 1. The van der Waals surface area contributed by atoms with Gasteiger partial charge in [-0.1, -0.05) is 61.7 Å². The van der Waals surface area contributed by atoms with E-state index in [1.165, 1.54) is 6.20 Å². The summed E-state index contributed by atoms with van der Waals surface area (Å²) in [5.41, 5.74) is 18.7. The van der Waals surface area contributed by atoms with E-state index in [1.807, 2.05) is 48.5 Å². The van der Waals surface area contributed by atoms with Crippen LogP contribution in [0, 0.1) is 0 Å². The van der Waals surface area contributed by atoms with Gasteiger partial charge in [0.2, 0.25) is 17.7 Å². The van der Waals surface area contributed by atoms with Crippen LogP contribution in [0.15, 0.2) is 65.8 Å². The lowest BCUT2D eigenvalue weighted by atomic mass is 9.92. The molecule has 13 heteroatoms. The number of hydrogen-bond acceptors (Lipinski definition) is 7. The van der Waals surface area contributed by atoms with Gasteiger partial charge in [-0.15, -0.1) is 0 Å². The van der Waals surface area contributed by atoms with Crippen LogP contribution in [0.2, 0.25) is 0 Å². The molecule has 8 N–H and O–H groups in total. The summed E-state index contributed by atoms with van der Waals surface area (Å²) in [4.78, 5) is 68.2. The fourth-order valence-corrected chi connectivity index (χ4v) is 5.75. The van der Waals surface area contributed by atoms with Crippen molar-refractivity contribution < 1.29 is 19.2 Å². The van der Waals surface area contributed by atoms with Gasteiger partial charge in [0.05, 0.1) is 17.2 Å². The zero-order valence-electron chi connectivity index (χ0n) is 26.1. The first-order valence-corrected chi connectivity index (χ1v) is 15.7. The van der Waals surface area contributed by atoms with E-state index in [9.17, 15) is 19.2 Å². The van der Waals surface area contributed by atoms with Crippen molar-refractivity contribution >= 4 is 40.6 Å². The minimum absolute atomic E-state index is 0.0891. The van der Waals surface area contributed by atoms with Crippen molar-refractivity contribution in [1.82, 2.24) is 25.5 Å². The van der Waals surface area contributed by atoms with Crippen molar-refractivity contribution in [3.63, 3.8) is 0 Å². The van der Waals surface area contributed by atoms with Crippen LogP contribution in [0.3, 0.4) is 0 Å². The molecule has 3 unspecified atom stereocenters. The number of hydrogen-bond donors (Lipinski definition) is 5. The van der Waals surface area contributed by atoms with Crippen molar-refractivity contribution in [2.24, 2.45) is 22.2 Å². The molecule has 13 nitrogen and oxygen atoms in total. The summed E-state index contributed by atoms with van der Waals surface area (Å²) in [7, 11) is 0. The number of fused-ring (bicyclic) bond motifs is 1. The van der Waals surface area contributed by atoms with Crippen LogP contribution in [0.25, 0.3) is 11.0 Å². The second-order valence-electron chi connectivity index (χ2n) is 11.6. The Hall–Kier alpha value is -5.07. The molecular weight excluding hydrogens is 586 g/mol. The van der Waals surface area contributed by atoms with E-state index in [4.69, 9.17) is 17.2 Å². The molecular formula is C33H43N9O4. The number of guanidine groups is 1. The molecule has 0 bridgehead atoms. The maximum Gasteiger partial charge on any atom is 0.275 e. The summed E-state index contributed by atoms with van der Waals surface area (Å²) in [6.07, 6.45) is 6.55. The maximum absolute atomic E-state index is 14.0. The molecule has 0 saturated heterocycles. The minimum atomic E-state index is -1.05. The predicted molar refractivity (Wildman–Crippen MR) is 175 cm³/mol. The number of nitrogens with zero attached hydrogens (tertiary/aromatic N) is 4. The van der Waals surface area contributed by atoms with Crippen molar-refractivity contribution in [2.45, 2.75) is 82.5 Å². The topological polar surface area (TPSA) is 212 Å². The van der Waals surface area contributed by atoms with Crippen LogP contribution in [-0.2, 0) is 20.8 Å². The van der Waals surface area contributed by atoms with Gasteiger partial charge in [-0.25, -0.2) is 4.98 Å². The molecule has 2 aromatic carbocycles. The van der Waals surface area contributed by atoms with Gasteiger partial charge >= 0.3 is 0 Å². The van der Waals surface area contributed by atoms with Crippen molar-refractivity contribution in [3.8, 4) is 0 Å².